The first-order valence-electron chi connectivity index (χ1n) is 11.2. The van der Waals surface area contributed by atoms with Crippen LogP contribution in [0.2, 0.25) is 0 Å². The van der Waals surface area contributed by atoms with Gasteiger partial charge in [-0.1, -0.05) is 19.3 Å². The minimum Gasteiger partial charge on any atom is -0.504 e. The molecule has 3 aromatic rings. The molecule has 0 radical (unpaired) electrons. The van der Waals surface area contributed by atoms with Crippen molar-refractivity contribution in [2.45, 2.75) is 38.1 Å². The van der Waals surface area contributed by atoms with Crippen LogP contribution in [0.25, 0.3) is 22.4 Å². The first-order chi connectivity index (χ1) is 15.1. The van der Waals surface area contributed by atoms with Crippen LogP contribution >= 0.6 is 0 Å². The maximum absolute atomic E-state index is 10.00. The van der Waals surface area contributed by atoms with E-state index in [1.807, 2.05) is 0 Å². The Kier molecular flexibility index (Phi) is 5.36. The van der Waals surface area contributed by atoms with Gasteiger partial charge in [0.1, 0.15) is 5.82 Å². The second-order valence-electron chi connectivity index (χ2n) is 8.65. The number of phenols is 2. The first kappa shape index (κ1) is 20.0. The average Bonchev–Trinajstić information content (AvgIpc) is 3.25. The van der Waals surface area contributed by atoms with Gasteiger partial charge in [-0.2, -0.15) is 0 Å². The summed E-state index contributed by atoms with van der Waals surface area (Å²) < 4.78 is 5.15. The smallest absolute Gasteiger partial charge is 0.200 e. The Morgan fingerprint density at radius 3 is 2.52 bits per heavy atom. The van der Waals surface area contributed by atoms with Crippen molar-refractivity contribution in [2.24, 2.45) is 0 Å². The maximum Gasteiger partial charge on any atom is 0.200 e. The summed E-state index contributed by atoms with van der Waals surface area (Å²) in [5.74, 6) is 0.346. The number of phenolic OH excluding ortho intramolecular Hbond substituents is 2. The molecule has 2 heterocycles. The molecule has 1 saturated heterocycles. The lowest BCUT2D eigenvalue weighted by molar-refractivity contribution is 0.148. The molecule has 2 aromatic carbocycles. The van der Waals surface area contributed by atoms with Gasteiger partial charge in [0.15, 0.2) is 11.5 Å². The number of fused-ring (bicyclic) bond motifs is 1. The van der Waals surface area contributed by atoms with Crippen molar-refractivity contribution in [1.82, 2.24) is 14.9 Å². The van der Waals surface area contributed by atoms with Crippen molar-refractivity contribution in [3.63, 3.8) is 0 Å². The van der Waals surface area contributed by atoms with Gasteiger partial charge >= 0.3 is 0 Å². The Bertz CT molecular complexity index is 1070. The summed E-state index contributed by atoms with van der Waals surface area (Å²) in [4.78, 5) is 13.2. The van der Waals surface area contributed by atoms with E-state index in [0.717, 1.165) is 43.3 Å². The van der Waals surface area contributed by atoms with Crippen LogP contribution in [0, 0.1) is 0 Å². The van der Waals surface area contributed by atoms with Gasteiger partial charge in [0, 0.05) is 43.5 Å². The lowest BCUT2D eigenvalue weighted by Crippen LogP contribution is -2.50. The van der Waals surface area contributed by atoms with Gasteiger partial charge in [0.25, 0.3) is 0 Å². The zero-order valence-electron chi connectivity index (χ0n) is 18.0. The van der Waals surface area contributed by atoms with Crippen molar-refractivity contribution >= 4 is 16.7 Å². The van der Waals surface area contributed by atoms with Crippen LogP contribution < -0.4 is 9.64 Å². The number of H-pyrrole nitrogens is 1. The van der Waals surface area contributed by atoms with E-state index in [-0.39, 0.29) is 17.2 Å². The fraction of sp³-hybridized carbons (Fsp3) is 0.458. The number of aromatic nitrogens is 2. The molecule has 0 spiro atoms. The number of aromatic hydroxyl groups is 2. The summed E-state index contributed by atoms with van der Waals surface area (Å²) in [6.45, 7) is 4.34. The number of anilines is 1. The van der Waals surface area contributed by atoms with E-state index >= 15 is 0 Å². The topological polar surface area (TPSA) is 84.9 Å². The molecule has 1 aromatic heterocycles. The summed E-state index contributed by atoms with van der Waals surface area (Å²) >= 11 is 0. The van der Waals surface area contributed by atoms with Gasteiger partial charge in [0.2, 0.25) is 5.75 Å². The molecule has 1 aliphatic heterocycles. The number of ether oxygens (including phenoxy) is 1. The van der Waals surface area contributed by atoms with Crippen LogP contribution in [-0.2, 0) is 0 Å². The molecule has 164 valence electrons. The van der Waals surface area contributed by atoms with Gasteiger partial charge in [-0.25, -0.2) is 4.98 Å². The lowest BCUT2D eigenvalue weighted by Gasteiger charge is -2.41. The number of methoxy groups -OCH3 is 1. The van der Waals surface area contributed by atoms with Crippen LogP contribution in [0.15, 0.2) is 30.3 Å². The fourth-order valence-corrected chi connectivity index (χ4v) is 5.00. The third kappa shape index (κ3) is 3.90. The summed E-state index contributed by atoms with van der Waals surface area (Å²) in [7, 11) is 1.46. The summed E-state index contributed by atoms with van der Waals surface area (Å²) in [5, 5.41) is 19.9. The molecular formula is C24H30N4O3. The number of nitrogens with zero attached hydrogens (tertiary/aromatic N) is 3. The Morgan fingerprint density at radius 1 is 1.00 bits per heavy atom. The van der Waals surface area contributed by atoms with Crippen molar-refractivity contribution in [3.05, 3.63) is 30.3 Å². The van der Waals surface area contributed by atoms with E-state index in [1.165, 1.54) is 51.0 Å². The standard InChI is InChI=1S/C24H30N4O3/c1-31-22-14-16(13-21(29)23(22)30)24-25-19-8-7-18(15-20(19)26-24)28-11-9-27(10-12-28)17-5-3-2-4-6-17/h7-8,13-15,17,29-30H,2-6,9-12H2,1H3,(H,25,26). The molecule has 1 aliphatic carbocycles. The van der Waals surface area contributed by atoms with E-state index in [1.54, 1.807) is 6.07 Å². The number of aromatic amines is 1. The Labute approximate surface area is 182 Å². The number of hydrogen-bond acceptors (Lipinski definition) is 6. The SMILES string of the molecule is COc1cc(-c2nc3cc(N4CCN(C5CCCCC5)CC4)ccc3[nH]2)cc(O)c1O. The molecular weight excluding hydrogens is 392 g/mol. The van der Waals surface area contributed by atoms with E-state index in [2.05, 4.69) is 33.0 Å². The molecule has 3 N–H and O–H groups in total. The fourth-order valence-electron chi connectivity index (χ4n) is 5.00. The van der Waals surface area contributed by atoms with Crippen LogP contribution in [0.4, 0.5) is 5.69 Å². The molecule has 1 saturated carbocycles. The zero-order chi connectivity index (χ0) is 21.4. The number of imidazole rings is 1. The third-order valence-corrected chi connectivity index (χ3v) is 6.79. The first-order valence-corrected chi connectivity index (χ1v) is 11.2. The van der Waals surface area contributed by atoms with Crippen molar-refractivity contribution in [2.75, 3.05) is 38.2 Å². The van der Waals surface area contributed by atoms with Crippen molar-refractivity contribution < 1.29 is 14.9 Å². The van der Waals surface area contributed by atoms with Crippen LogP contribution in [-0.4, -0.2) is 64.4 Å². The van der Waals surface area contributed by atoms with E-state index < -0.39 is 0 Å². The Morgan fingerprint density at radius 2 is 1.77 bits per heavy atom. The normalized spacial score (nSPS) is 18.5. The van der Waals surface area contributed by atoms with E-state index in [4.69, 9.17) is 9.72 Å². The molecule has 7 nitrogen and oxygen atoms in total. The Balaban J connectivity index is 1.34. The lowest BCUT2D eigenvalue weighted by atomic mass is 9.94. The molecule has 7 heteroatoms. The largest absolute Gasteiger partial charge is 0.504 e. The van der Waals surface area contributed by atoms with E-state index in [9.17, 15) is 10.2 Å². The van der Waals surface area contributed by atoms with Crippen LogP contribution in [0.5, 0.6) is 17.2 Å². The van der Waals surface area contributed by atoms with Crippen molar-refractivity contribution in [1.29, 1.82) is 0 Å². The quantitative estimate of drug-likeness (QED) is 0.549. The highest BCUT2D eigenvalue weighted by molar-refractivity contribution is 5.83. The highest BCUT2D eigenvalue weighted by atomic mass is 16.5. The number of nitrogens with one attached hydrogen (secondary N) is 1. The van der Waals surface area contributed by atoms with Gasteiger partial charge in [0.05, 0.1) is 18.1 Å². The van der Waals surface area contributed by atoms with Gasteiger partial charge < -0.3 is 24.8 Å². The number of hydrogen-bond donors (Lipinski definition) is 3. The monoisotopic (exact) mass is 422 g/mol. The minimum atomic E-state index is -0.267. The molecule has 0 atom stereocenters. The molecule has 31 heavy (non-hydrogen) atoms. The highest BCUT2D eigenvalue weighted by Crippen LogP contribution is 2.39. The molecule has 2 fully saturated rings. The summed E-state index contributed by atoms with van der Waals surface area (Å²) in [6.07, 6.45) is 6.89. The average molecular weight is 423 g/mol. The highest BCUT2D eigenvalue weighted by Gasteiger charge is 2.25. The predicted octanol–water partition coefficient (Wildman–Crippen LogP) is 4.10. The third-order valence-electron chi connectivity index (χ3n) is 6.79. The van der Waals surface area contributed by atoms with Gasteiger partial charge in [-0.3, -0.25) is 4.90 Å². The summed E-state index contributed by atoms with van der Waals surface area (Å²) in [6, 6.07) is 10.3. The Hall–Kier alpha value is -2.93. The molecule has 0 bridgehead atoms. The number of piperazine rings is 1. The van der Waals surface area contributed by atoms with Gasteiger partial charge in [-0.15, -0.1) is 0 Å². The van der Waals surface area contributed by atoms with Crippen molar-refractivity contribution in [3.8, 4) is 28.6 Å². The second kappa shape index (κ2) is 8.30. The predicted molar refractivity (Wildman–Crippen MR) is 122 cm³/mol. The maximum atomic E-state index is 10.00. The molecule has 0 amide bonds. The summed E-state index contributed by atoms with van der Waals surface area (Å²) in [5.41, 5.74) is 3.67. The number of rotatable bonds is 4. The van der Waals surface area contributed by atoms with Gasteiger partial charge in [-0.05, 0) is 43.2 Å². The number of benzene rings is 2. The van der Waals surface area contributed by atoms with E-state index in [0.29, 0.717) is 11.4 Å². The minimum absolute atomic E-state index is 0.215. The second-order valence-corrected chi connectivity index (χ2v) is 8.65. The molecule has 2 aliphatic rings. The van der Waals surface area contributed by atoms with Crippen LogP contribution in [0.3, 0.4) is 0 Å². The molecule has 5 rings (SSSR count). The van der Waals surface area contributed by atoms with Crippen LogP contribution in [0.1, 0.15) is 32.1 Å². The molecule has 0 unspecified atom stereocenters. The zero-order valence-corrected chi connectivity index (χ0v) is 18.0.